The summed E-state index contributed by atoms with van der Waals surface area (Å²) in [5, 5.41) is 3.22. The zero-order chi connectivity index (χ0) is 16.1. The van der Waals surface area contributed by atoms with Crippen molar-refractivity contribution in [2.45, 2.75) is 19.8 Å². The molecule has 0 atom stereocenters. The molecule has 0 amide bonds. The molecule has 1 N–H and O–H groups in total. The van der Waals surface area contributed by atoms with Gasteiger partial charge in [-0.15, -0.1) is 0 Å². The van der Waals surface area contributed by atoms with Crippen LogP contribution in [0.5, 0.6) is 0 Å². The van der Waals surface area contributed by atoms with Crippen LogP contribution in [-0.4, -0.2) is 7.05 Å². The summed E-state index contributed by atoms with van der Waals surface area (Å²) in [6.07, 6.45) is 2.16. The molecule has 3 rings (SSSR count). The number of hydrogen-bond donors (Lipinski definition) is 1. The van der Waals surface area contributed by atoms with Gasteiger partial charge in [0.1, 0.15) is 0 Å². The average molecular weight is 301 g/mol. The van der Waals surface area contributed by atoms with Crippen LogP contribution in [0.3, 0.4) is 0 Å². The van der Waals surface area contributed by atoms with Gasteiger partial charge >= 0.3 is 0 Å². The van der Waals surface area contributed by atoms with E-state index < -0.39 is 0 Å². The Morgan fingerprint density at radius 3 is 1.96 bits per heavy atom. The second-order valence-corrected chi connectivity index (χ2v) is 5.96. The zero-order valence-corrected chi connectivity index (χ0v) is 13.8. The fourth-order valence-electron chi connectivity index (χ4n) is 2.94. The molecular weight excluding hydrogens is 278 g/mol. The number of hydrogen-bond acceptors (Lipinski definition) is 1. The fraction of sp³-hybridized carbons (Fsp3) is 0.182. The van der Waals surface area contributed by atoms with Gasteiger partial charge in [-0.2, -0.15) is 0 Å². The van der Waals surface area contributed by atoms with Gasteiger partial charge < -0.3 is 5.32 Å². The summed E-state index contributed by atoms with van der Waals surface area (Å²) in [5.74, 6) is 0. The number of benzene rings is 3. The summed E-state index contributed by atoms with van der Waals surface area (Å²) in [6, 6.07) is 26.1. The molecule has 0 aliphatic heterocycles. The summed E-state index contributed by atoms with van der Waals surface area (Å²) in [6.45, 7) is 2.16. The van der Waals surface area contributed by atoms with E-state index in [-0.39, 0.29) is 0 Å². The smallest absolute Gasteiger partial charge is 0.0367 e. The number of nitrogens with one attached hydrogen (secondary N) is 1. The van der Waals surface area contributed by atoms with Gasteiger partial charge in [0, 0.05) is 12.7 Å². The molecular formula is C22H23N. The standard InChI is InChI=1S/C22H23N/c1-17-16-19(12-15-22(17)23-2)9-8-18-10-13-21(14-11-18)20-6-4-3-5-7-20/h3-7,10-16,23H,8-9H2,1-2H3. The maximum absolute atomic E-state index is 3.22. The lowest BCUT2D eigenvalue weighted by Gasteiger charge is -2.09. The van der Waals surface area contributed by atoms with Crippen molar-refractivity contribution in [3.8, 4) is 11.1 Å². The second-order valence-electron chi connectivity index (χ2n) is 5.96. The van der Waals surface area contributed by atoms with E-state index in [2.05, 4.69) is 85.0 Å². The maximum atomic E-state index is 3.22. The van der Waals surface area contributed by atoms with Crippen LogP contribution in [0.15, 0.2) is 72.8 Å². The lowest BCUT2D eigenvalue weighted by molar-refractivity contribution is 0.958. The van der Waals surface area contributed by atoms with E-state index in [0.29, 0.717) is 0 Å². The van der Waals surface area contributed by atoms with Gasteiger partial charge in [-0.3, -0.25) is 0 Å². The molecule has 3 aromatic carbocycles. The van der Waals surface area contributed by atoms with Crippen LogP contribution in [-0.2, 0) is 12.8 Å². The quantitative estimate of drug-likeness (QED) is 0.657. The molecule has 1 nitrogen and oxygen atoms in total. The predicted molar refractivity (Wildman–Crippen MR) is 100 cm³/mol. The number of aryl methyl sites for hydroxylation is 3. The van der Waals surface area contributed by atoms with Crippen LogP contribution in [0.2, 0.25) is 0 Å². The Hall–Kier alpha value is -2.54. The molecule has 0 unspecified atom stereocenters. The summed E-state index contributed by atoms with van der Waals surface area (Å²) >= 11 is 0. The topological polar surface area (TPSA) is 12.0 Å². The van der Waals surface area contributed by atoms with E-state index in [1.54, 1.807) is 0 Å². The highest BCUT2D eigenvalue weighted by molar-refractivity contribution is 5.63. The summed E-state index contributed by atoms with van der Waals surface area (Å²) in [4.78, 5) is 0. The highest BCUT2D eigenvalue weighted by atomic mass is 14.8. The van der Waals surface area contributed by atoms with E-state index in [1.807, 2.05) is 7.05 Å². The Morgan fingerprint density at radius 1 is 0.696 bits per heavy atom. The fourth-order valence-corrected chi connectivity index (χ4v) is 2.94. The molecule has 0 aliphatic rings. The third kappa shape index (κ3) is 3.81. The Bertz CT molecular complexity index is 758. The van der Waals surface area contributed by atoms with Crippen molar-refractivity contribution < 1.29 is 0 Å². The Morgan fingerprint density at radius 2 is 1.30 bits per heavy atom. The van der Waals surface area contributed by atoms with Gasteiger partial charge in [-0.05, 0) is 53.6 Å². The minimum Gasteiger partial charge on any atom is -0.388 e. The molecule has 116 valence electrons. The summed E-state index contributed by atoms with van der Waals surface area (Å²) in [7, 11) is 1.97. The van der Waals surface area contributed by atoms with Crippen molar-refractivity contribution in [2.24, 2.45) is 0 Å². The van der Waals surface area contributed by atoms with Gasteiger partial charge in [0.2, 0.25) is 0 Å². The third-order valence-corrected chi connectivity index (χ3v) is 4.32. The highest BCUT2D eigenvalue weighted by Gasteiger charge is 2.01. The van der Waals surface area contributed by atoms with Crippen LogP contribution < -0.4 is 5.32 Å². The van der Waals surface area contributed by atoms with Gasteiger partial charge in [0.15, 0.2) is 0 Å². The molecule has 0 saturated heterocycles. The molecule has 0 aliphatic carbocycles. The molecule has 0 saturated carbocycles. The number of anilines is 1. The predicted octanol–water partition coefficient (Wildman–Crippen LogP) is 5.49. The SMILES string of the molecule is CNc1ccc(CCc2ccc(-c3ccccc3)cc2)cc1C. The lowest BCUT2D eigenvalue weighted by atomic mass is 9.99. The van der Waals surface area contributed by atoms with E-state index in [9.17, 15) is 0 Å². The van der Waals surface area contributed by atoms with Crippen molar-refractivity contribution in [3.63, 3.8) is 0 Å². The minimum absolute atomic E-state index is 1.08. The first-order valence-corrected chi connectivity index (χ1v) is 8.18. The molecule has 0 aromatic heterocycles. The van der Waals surface area contributed by atoms with Crippen LogP contribution in [0.4, 0.5) is 5.69 Å². The molecule has 0 radical (unpaired) electrons. The van der Waals surface area contributed by atoms with E-state index in [0.717, 1.165) is 12.8 Å². The van der Waals surface area contributed by atoms with Crippen molar-refractivity contribution >= 4 is 5.69 Å². The Kier molecular flexibility index (Phi) is 4.77. The summed E-state index contributed by atoms with van der Waals surface area (Å²) in [5.41, 5.74) is 7.86. The second kappa shape index (κ2) is 7.15. The largest absolute Gasteiger partial charge is 0.388 e. The minimum atomic E-state index is 1.08. The maximum Gasteiger partial charge on any atom is 0.0367 e. The highest BCUT2D eigenvalue weighted by Crippen LogP contribution is 2.21. The lowest BCUT2D eigenvalue weighted by Crippen LogP contribution is -1.95. The van der Waals surface area contributed by atoms with Gasteiger partial charge in [0.05, 0.1) is 0 Å². The van der Waals surface area contributed by atoms with Crippen LogP contribution in [0.1, 0.15) is 16.7 Å². The first-order chi connectivity index (χ1) is 11.3. The van der Waals surface area contributed by atoms with E-state index in [4.69, 9.17) is 0 Å². The normalized spacial score (nSPS) is 10.5. The summed E-state index contributed by atoms with van der Waals surface area (Å²) < 4.78 is 0. The molecule has 0 fully saturated rings. The first kappa shape index (κ1) is 15.4. The zero-order valence-electron chi connectivity index (χ0n) is 13.8. The third-order valence-electron chi connectivity index (χ3n) is 4.32. The molecule has 0 spiro atoms. The number of rotatable bonds is 5. The van der Waals surface area contributed by atoms with Crippen LogP contribution in [0.25, 0.3) is 11.1 Å². The molecule has 1 heteroatoms. The van der Waals surface area contributed by atoms with Crippen LogP contribution >= 0.6 is 0 Å². The van der Waals surface area contributed by atoms with Crippen molar-refractivity contribution in [1.82, 2.24) is 0 Å². The van der Waals surface area contributed by atoms with Crippen molar-refractivity contribution in [1.29, 1.82) is 0 Å². The monoisotopic (exact) mass is 301 g/mol. The van der Waals surface area contributed by atoms with E-state index >= 15 is 0 Å². The van der Waals surface area contributed by atoms with E-state index in [1.165, 1.54) is 33.5 Å². The van der Waals surface area contributed by atoms with Crippen molar-refractivity contribution in [2.75, 3.05) is 12.4 Å². The Labute approximate surface area is 139 Å². The Balaban J connectivity index is 1.66. The van der Waals surface area contributed by atoms with Gasteiger partial charge in [-0.1, -0.05) is 66.7 Å². The first-order valence-electron chi connectivity index (χ1n) is 8.18. The van der Waals surface area contributed by atoms with Crippen molar-refractivity contribution in [3.05, 3.63) is 89.5 Å². The van der Waals surface area contributed by atoms with Crippen LogP contribution in [0, 0.1) is 6.92 Å². The molecule has 23 heavy (non-hydrogen) atoms. The molecule has 0 bridgehead atoms. The molecule has 3 aromatic rings. The molecule has 0 heterocycles. The van der Waals surface area contributed by atoms with Gasteiger partial charge in [-0.25, -0.2) is 0 Å². The average Bonchev–Trinajstić information content (AvgIpc) is 2.61. The van der Waals surface area contributed by atoms with Gasteiger partial charge in [0.25, 0.3) is 0 Å².